The second-order valence-electron chi connectivity index (χ2n) is 6.49. The van der Waals surface area contributed by atoms with Crippen molar-refractivity contribution in [2.75, 3.05) is 6.54 Å². The molecule has 0 bridgehead atoms. The van der Waals surface area contributed by atoms with Crippen molar-refractivity contribution in [1.82, 2.24) is 5.32 Å². The van der Waals surface area contributed by atoms with Crippen LogP contribution in [0.4, 0.5) is 13.2 Å². The quantitative estimate of drug-likeness (QED) is 0.804. The minimum absolute atomic E-state index is 0.0498. The van der Waals surface area contributed by atoms with Crippen molar-refractivity contribution >= 4 is 5.78 Å². The number of halogens is 3. The van der Waals surface area contributed by atoms with Crippen LogP contribution >= 0.6 is 0 Å². The lowest BCUT2D eigenvalue weighted by Gasteiger charge is -2.30. The van der Waals surface area contributed by atoms with Crippen LogP contribution in [0.1, 0.15) is 46.7 Å². The highest BCUT2D eigenvalue weighted by Crippen LogP contribution is 2.33. The predicted molar refractivity (Wildman–Crippen MR) is 90.6 cm³/mol. The number of Topliss-reactive ketones (excluding diaryl/α,β-unsaturated/α-hetero) is 1. The van der Waals surface area contributed by atoms with Gasteiger partial charge in [-0.2, -0.15) is 13.2 Å². The second-order valence-corrected chi connectivity index (χ2v) is 6.49. The van der Waals surface area contributed by atoms with Crippen LogP contribution in [0.5, 0.6) is 0 Å². The molecule has 1 heterocycles. The number of rotatable bonds is 4. The fourth-order valence-electron chi connectivity index (χ4n) is 3.37. The van der Waals surface area contributed by atoms with E-state index in [1.807, 2.05) is 18.2 Å². The molecule has 2 atom stereocenters. The Kier molecular flexibility index (Phi) is 5.23. The molecule has 1 aliphatic rings. The highest BCUT2D eigenvalue weighted by Gasteiger charge is 2.31. The predicted octanol–water partition coefficient (Wildman–Crippen LogP) is 4.81. The Bertz CT molecular complexity index is 710. The molecule has 2 unspecified atom stereocenters. The van der Waals surface area contributed by atoms with E-state index in [1.54, 1.807) is 24.3 Å². The zero-order valence-electron chi connectivity index (χ0n) is 13.7. The summed E-state index contributed by atoms with van der Waals surface area (Å²) >= 11 is 0. The summed E-state index contributed by atoms with van der Waals surface area (Å²) in [6.45, 7) is 0.762. The van der Waals surface area contributed by atoms with Gasteiger partial charge in [0.15, 0.2) is 5.78 Å². The molecular formula is C20H20F3NO. The molecule has 1 saturated heterocycles. The van der Waals surface area contributed by atoms with Crippen molar-refractivity contribution in [3.63, 3.8) is 0 Å². The van der Waals surface area contributed by atoms with Crippen LogP contribution in [0.15, 0.2) is 54.6 Å². The Balaban J connectivity index is 1.64. The number of hydrogen-bond donors (Lipinski definition) is 1. The number of nitrogens with one attached hydrogen (secondary N) is 1. The van der Waals surface area contributed by atoms with E-state index < -0.39 is 11.7 Å². The maximum atomic E-state index is 12.7. The van der Waals surface area contributed by atoms with Crippen molar-refractivity contribution in [2.24, 2.45) is 0 Å². The van der Waals surface area contributed by atoms with Gasteiger partial charge in [-0.3, -0.25) is 4.79 Å². The number of carbonyl (C=O) groups excluding carboxylic acids is 1. The second kappa shape index (κ2) is 7.40. The van der Waals surface area contributed by atoms with Gasteiger partial charge < -0.3 is 5.32 Å². The zero-order valence-corrected chi connectivity index (χ0v) is 13.7. The van der Waals surface area contributed by atoms with Gasteiger partial charge in [-0.1, -0.05) is 42.5 Å². The van der Waals surface area contributed by atoms with Gasteiger partial charge in [0.25, 0.3) is 0 Å². The number of ketones is 1. The van der Waals surface area contributed by atoms with Crippen LogP contribution in [0.25, 0.3) is 0 Å². The topological polar surface area (TPSA) is 29.1 Å². The number of piperidine rings is 1. The molecule has 0 aromatic heterocycles. The van der Waals surface area contributed by atoms with E-state index in [2.05, 4.69) is 5.32 Å². The molecule has 0 radical (unpaired) electrons. The molecule has 132 valence electrons. The van der Waals surface area contributed by atoms with Gasteiger partial charge in [0, 0.05) is 18.0 Å². The summed E-state index contributed by atoms with van der Waals surface area (Å²) in [5.74, 6) is 0.267. The number of benzene rings is 2. The van der Waals surface area contributed by atoms with Gasteiger partial charge in [-0.15, -0.1) is 0 Å². The number of hydrogen-bond acceptors (Lipinski definition) is 2. The van der Waals surface area contributed by atoms with Crippen LogP contribution in [0.3, 0.4) is 0 Å². The first-order valence-corrected chi connectivity index (χ1v) is 8.42. The standard InChI is InChI=1S/C20H20F3NO/c21-20(22,23)17-8-6-14(7-9-17)16-10-11-24-18(12-16)13-19(25)15-4-2-1-3-5-15/h1-9,16,18,24H,10-13H2. The molecular weight excluding hydrogens is 327 g/mol. The zero-order chi connectivity index (χ0) is 17.9. The highest BCUT2D eigenvalue weighted by molar-refractivity contribution is 5.96. The first-order chi connectivity index (χ1) is 11.9. The van der Waals surface area contributed by atoms with E-state index in [0.29, 0.717) is 12.0 Å². The first kappa shape index (κ1) is 17.7. The van der Waals surface area contributed by atoms with Crippen molar-refractivity contribution in [3.8, 4) is 0 Å². The Morgan fingerprint density at radius 1 is 1.04 bits per heavy atom. The summed E-state index contributed by atoms with van der Waals surface area (Å²) in [5, 5.41) is 3.35. The van der Waals surface area contributed by atoms with Crippen molar-refractivity contribution in [3.05, 3.63) is 71.3 Å². The van der Waals surface area contributed by atoms with Crippen LogP contribution < -0.4 is 5.32 Å². The number of carbonyl (C=O) groups is 1. The molecule has 0 saturated carbocycles. The summed E-state index contributed by atoms with van der Waals surface area (Å²) in [6, 6.07) is 14.6. The lowest BCUT2D eigenvalue weighted by molar-refractivity contribution is -0.137. The van der Waals surface area contributed by atoms with Crippen LogP contribution in [-0.2, 0) is 6.18 Å². The molecule has 0 amide bonds. The van der Waals surface area contributed by atoms with Gasteiger partial charge in [0.1, 0.15) is 0 Å². The lowest BCUT2D eigenvalue weighted by atomic mass is 9.84. The van der Waals surface area contributed by atoms with E-state index in [1.165, 1.54) is 0 Å². The largest absolute Gasteiger partial charge is 0.416 e. The molecule has 3 rings (SSSR count). The van der Waals surface area contributed by atoms with Gasteiger partial charge in [-0.25, -0.2) is 0 Å². The van der Waals surface area contributed by atoms with Crippen LogP contribution in [0, 0.1) is 0 Å². The molecule has 1 fully saturated rings. The Morgan fingerprint density at radius 2 is 1.72 bits per heavy atom. The maximum Gasteiger partial charge on any atom is 0.416 e. The Morgan fingerprint density at radius 3 is 2.36 bits per heavy atom. The molecule has 2 aromatic carbocycles. The lowest BCUT2D eigenvalue weighted by Crippen LogP contribution is -2.38. The third kappa shape index (κ3) is 4.48. The fraction of sp³-hybridized carbons (Fsp3) is 0.350. The Hall–Kier alpha value is -2.14. The molecule has 0 spiro atoms. The third-order valence-corrected chi connectivity index (χ3v) is 4.73. The summed E-state index contributed by atoms with van der Waals surface area (Å²) in [5.41, 5.74) is 0.980. The van der Waals surface area contributed by atoms with Crippen molar-refractivity contribution < 1.29 is 18.0 Å². The minimum Gasteiger partial charge on any atom is -0.313 e. The smallest absolute Gasteiger partial charge is 0.313 e. The maximum absolute atomic E-state index is 12.7. The Labute approximate surface area is 145 Å². The van der Waals surface area contributed by atoms with Gasteiger partial charge in [0.05, 0.1) is 5.56 Å². The fourth-order valence-corrected chi connectivity index (χ4v) is 3.37. The average molecular weight is 347 g/mol. The molecule has 2 nitrogen and oxygen atoms in total. The van der Waals surface area contributed by atoms with E-state index in [0.717, 1.165) is 37.1 Å². The molecule has 1 aliphatic heterocycles. The van der Waals surface area contributed by atoms with Crippen molar-refractivity contribution in [2.45, 2.75) is 37.4 Å². The van der Waals surface area contributed by atoms with Crippen molar-refractivity contribution in [1.29, 1.82) is 0 Å². The van der Waals surface area contributed by atoms with E-state index >= 15 is 0 Å². The van der Waals surface area contributed by atoms with E-state index in [4.69, 9.17) is 0 Å². The summed E-state index contributed by atoms with van der Waals surface area (Å²) < 4.78 is 38.0. The molecule has 1 N–H and O–H groups in total. The molecule has 5 heteroatoms. The molecule has 0 aliphatic carbocycles. The minimum atomic E-state index is -4.31. The molecule has 25 heavy (non-hydrogen) atoms. The van der Waals surface area contributed by atoms with Crippen LogP contribution in [-0.4, -0.2) is 18.4 Å². The molecule has 2 aromatic rings. The highest BCUT2D eigenvalue weighted by atomic mass is 19.4. The summed E-state index contributed by atoms with van der Waals surface area (Å²) in [4.78, 5) is 12.3. The first-order valence-electron chi connectivity index (χ1n) is 8.42. The average Bonchev–Trinajstić information content (AvgIpc) is 2.62. The van der Waals surface area contributed by atoms with Gasteiger partial charge >= 0.3 is 6.18 Å². The third-order valence-electron chi connectivity index (χ3n) is 4.73. The normalized spacial score (nSPS) is 21.1. The summed E-state index contributed by atoms with van der Waals surface area (Å²) in [6.07, 6.45) is -2.29. The monoisotopic (exact) mass is 347 g/mol. The SMILES string of the molecule is O=C(CC1CC(c2ccc(C(F)(F)F)cc2)CCN1)c1ccccc1. The van der Waals surface area contributed by atoms with E-state index in [9.17, 15) is 18.0 Å². The van der Waals surface area contributed by atoms with Crippen LogP contribution in [0.2, 0.25) is 0 Å². The van der Waals surface area contributed by atoms with E-state index in [-0.39, 0.29) is 17.7 Å². The van der Waals surface area contributed by atoms with Gasteiger partial charge in [-0.05, 0) is 43.0 Å². The van der Waals surface area contributed by atoms with Gasteiger partial charge in [0.2, 0.25) is 0 Å². The summed E-state index contributed by atoms with van der Waals surface area (Å²) in [7, 11) is 0. The number of alkyl halides is 3.